The largest absolute Gasteiger partial charge is 0.378 e. The van der Waals surface area contributed by atoms with Crippen molar-refractivity contribution in [3.8, 4) is 5.69 Å². The predicted molar refractivity (Wildman–Crippen MR) is 139 cm³/mol. The second kappa shape index (κ2) is 8.71. The van der Waals surface area contributed by atoms with Crippen LogP contribution < -0.4 is 15.1 Å². The summed E-state index contributed by atoms with van der Waals surface area (Å²) in [5, 5.41) is 4.25. The summed E-state index contributed by atoms with van der Waals surface area (Å²) < 4.78 is 2.25. The Kier molecular flexibility index (Phi) is 5.60. The van der Waals surface area contributed by atoms with Crippen LogP contribution >= 0.6 is 12.2 Å². The van der Waals surface area contributed by atoms with Gasteiger partial charge in [0, 0.05) is 49.2 Å². The molecule has 1 aliphatic heterocycles. The van der Waals surface area contributed by atoms with Gasteiger partial charge >= 0.3 is 0 Å². The summed E-state index contributed by atoms with van der Waals surface area (Å²) in [6, 6.07) is 27.3. The third-order valence-corrected chi connectivity index (χ3v) is 6.45. The summed E-state index contributed by atoms with van der Waals surface area (Å²) in [4.78, 5) is 8.98. The fourth-order valence-corrected chi connectivity index (χ4v) is 4.77. The van der Waals surface area contributed by atoms with Crippen LogP contribution in [0.4, 0.5) is 11.4 Å². The van der Waals surface area contributed by atoms with Gasteiger partial charge in [-0.1, -0.05) is 23.8 Å². The molecule has 0 spiro atoms. The molecule has 2 aromatic heterocycles. The number of rotatable bonds is 5. The molecule has 1 fully saturated rings. The van der Waals surface area contributed by atoms with Gasteiger partial charge in [-0.05, 0) is 79.8 Å². The number of nitrogens with zero attached hydrogens (tertiary/aromatic N) is 4. The molecule has 6 heteroatoms. The predicted octanol–water partition coefficient (Wildman–Crippen LogP) is 5.42. The molecule has 1 N–H and O–H groups in total. The number of thiocarbonyl (C=S) groups is 1. The smallest absolute Gasteiger partial charge is 0.174 e. The molecule has 4 aromatic rings. The first-order valence-corrected chi connectivity index (χ1v) is 11.5. The Balaban J connectivity index is 1.63. The maximum Gasteiger partial charge on any atom is 0.174 e. The van der Waals surface area contributed by atoms with Crippen molar-refractivity contribution in [1.82, 2.24) is 14.9 Å². The third kappa shape index (κ3) is 3.98. The molecule has 0 saturated carbocycles. The van der Waals surface area contributed by atoms with E-state index in [1.54, 1.807) is 0 Å². The lowest BCUT2D eigenvalue weighted by atomic mass is 10.0. The van der Waals surface area contributed by atoms with E-state index in [0.717, 1.165) is 28.5 Å². The van der Waals surface area contributed by atoms with Crippen LogP contribution in [0.3, 0.4) is 0 Å². The number of benzene rings is 2. The minimum atomic E-state index is -0.0775. The van der Waals surface area contributed by atoms with Crippen molar-refractivity contribution in [2.75, 3.05) is 23.9 Å². The topological polar surface area (TPSA) is 36.3 Å². The van der Waals surface area contributed by atoms with Gasteiger partial charge < -0.3 is 19.7 Å². The van der Waals surface area contributed by atoms with E-state index in [0.29, 0.717) is 5.11 Å². The molecule has 5 nitrogen and oxygen atoms in total. The Hall–Kier alpha value is -3.64. The van der Waals surface area contributed by atoms with Gasteiger partial charge in [0.05, 0.1) is 11.7 Å². The van der Waals surface area contributed by atoms with Crippen LogP contribution in [0.15, 0.2) is 91.3 Å². The van der Waals surface area contributed by atoms with Gasteiger partial charge in [0.25, 0.3) is 0 Å². The van der Waals surface area contributed by atoms with Crippen molar-refractivity contribution in [2.45, 2.75) is 19.0 Å². The maximum atomic E-state index is 5.88. The zero-order valence-electron chi connectivity index (χ0n) is 19.0. The van der Waals surface area contributed by atoms with Crippen LogP contribution in [0.2, 0.25) is 0 Å². The summed E-state index contributed by atoms with van der Waals surface area (Å²) in [5.41, 5.74) is 6.69. The Morgan fingerprint density at radius 2 is 1.61 bits per heavy atom. The Morgan fingerprint density at radius 1 is 0.879 bits per heavy atom. The van der Waals surface area contributed by atoms with Crippen LogP contribution in [0, 0.1) is 6.92 Å². The lowest BCUT2D eigenvalue weighted by Gasteiger charge is -2.29. The van der Waals surface area contributed by atoms with Crippen molar-refractivity contribution in [2.24, 2.45) is 0 Å². The highest BCUT2D eigenvalue weighted by Gasteiger charge is 2.42. The molecule has 1 aliphatic rings. The molecule has 0 radical (unpaired) electrons. The molecule has 1 saturated heterocycles. The lowest BCUT2D eigenvalue weighted by Crippen LogP contribution is -2.30. The van der Waals surface area contributed by atoms with Crippen molar-refractivity contribution >= 4 is 28.7 Å². The second-order valence-corrected chi connectivity index (χ2v) is 8.93. The number of aromatic nitrogens is 2. The highest BCUT2D eigenvalue weighted by atomic mass is 32.1. The number of pyridine rings is 1. The van der Waals surface area contributed by atoms with E-state index in [-0.39, 0.29) is 12.1 Å². The number of aryl methyl sites for hydroxylation is 1. The zero-order chi connectivity index (χ0) is 22.9. The van der Waals surface area contributed by atoms with Gasteiger partial charge in [-0.3, -0.25) is 4.98 Å². The highest BCUT2D eigenvalue weighted by molar-refractivity contribution is 7.80. The first-order chi connectivity index (χ1) is 16.0. The summed E-state index contributed by atoms with van der Waals surface area (Å²) in [6.45, 7) is 2.11. The van der Waals surface area contributed by atoms with Gasteiger partial charge in [0.2, 0.25) is 0 Å². The van der Waals surface area contributed by atoms with Gasteiger partial charge in [-0.25, -0.2) is 0 Å². The van der Waals surface area contributed by atoms with Crippen LogP contribution in [-0.2, 0) is 0 Å². The third-order valence-electron chi connectivity index (χ3n) is 6.14. The number of anilines is 2. The van der Waals surface area contributed by atoms with E-state index < -0.39 is 0 Å². The van der Waals surface area contributed by atoms with Gasteiger partial charge in [-0.2, -0.15) is 0 Å². The minimum absolute atomic E-state index is 0.0612. The Labute approximate surface area is 200 Å². The summed E-state index contributed by atoms with van der Waals surface area (Å²) in [5.74, 6) is 0. The molecule has 5 rings (SSSR count). The van der Waals surface area contributed by atoms with Crippen molar-refractivity contribution in [3.05, 3.63) is 108 Å². The van der Waals surface area contributed by atoms with Crippen LogP contribution in [0.5, 0.6) is 0 Å². The van der Waals surface area contributed by atoms with Crippen molar-refractivity contribution < 1.29 is 0 Å². The maximum absolute atomic E-state index is 5.88. The highest BCUT2D eigenvalue weighted by Crippen LogP contribution is 2.42. The number of nitrogens with one attached hydrogen (secondary N) is 1. The lowest BCUT2D eigenvalue weighted by molar-refractivity contribution is 0.549. The number of hydrogen-bond donors (Lipinski definition) is 1. The number of hydrogen-bond acceptors (Lipinski definition) is 3. The van der Waals surface area contributed by atoms with E-state index in [4.69, 9.17) is 12.2 Å². The molecular formula is C27H27N5S. The summed E-state index contributed by atoms with van der Waals surface area (Å²) in [7, 11) is 4.09. The Morgan fingerprint density at radius 3 is 2.27 bits per heavy atom. The van der Waals surface area contributed by atoms with Gasteiger partial charge in [0.1, 0.15) is 6.04 Å². The van der Waals surface area contributed by atoms with E-state index in [9.17, 15) is 0 Å². The molecule has 2 atom stereocenters. The van der Waals surface area contributed by atoms with Crippen LogP contribution in [0.25, 0.3) is 5.69 Å². The molecular weight excluding hydrogens is 426 g/mol. The first-order valence-electron chi connectivity index (χ1n) is 11.1. The average molecular weight is 454 g/mol. The molecule has 0 unspecified atom stereocenters. The minimum Gasteiger partial charge on any atom is -0.378 e. The van der Waals surface area contributed by atoms with E-state index in [2.05, 4.69) is 105 Å². The molecule has 2 aromatic carbocycles. The molecule has 3 heterocycles. The van der Waals surface area contributed by atoms with Gasteiger partial charge in [-0.15, -0.1) is 0 Å². The molecule has 0 aliphatic carbocycles. The van der Waals surface area contributed by atoms with Crippen LogP contribution in [-0.4, -0.2) is 28.8 Å². The molecule has 33 heavy (non-hydrogen) atoms. The molecule has 0 amide bonds. The van der Waals surface area contributed by atoms with Gasteiger partial charge in [0.15, 0.2) is 5.11 Å². The van der Waals surface area contributed by atoms with Crippen molar-refractivity contribution in [1.29, 1.82) is 0 Å². The second-order valence-electron chi connectivity index (χ2n) is 8.55. The van der Waals surface area contributed by atoms with Crippen molar-refractivity contribution in [3.63, 3.8) is 0 Å². The fraction of sp³-hybridized carbons (Fsp3) is 0.185. The summed E-state index contributed by atoms with van der Waals surface area (Å²) >= 11 is 5.88. The average Bonchev–Trinajstić information content (AvgIpc) is 3.44. The standard InChI is InChI=1S/C27H27N5S/c1-19-9-11-21(12-10-19)31-18-6-8-24(31)26-25(23-7-4-5-17-28-23)29-27(33)32(26)22-15-13-20(14-16-22)30(2)3/h4-18,25-26H,1-3H3,(H,29,33)/t25-,26-/m0/s1. The van der Waals surface area contributed by atoms with E-state index >= 15 is 0 Å². The van der Waals surface area contributed by atoms with Crippen LogP contribution in [0.1, 0.15) is 29.0 Å². The zero-order valence-corrected chi connectivity index (χ0v) is 19.8. The molecule has 0 bridgehead atoms. The normalized spacial score (nSPS) is 17.8. The fourth-order valence-electron chi connectivity index (χ4n) is 4.42. The summed E-state index contributed by atoms with van der Waals surface area (Å²) in [6.07, 6.45) is 3.95. The quantitative estimate of drug-likeness (QED) is 0.408. The van der Waals surface area contributed by atoms with E-state index in [1.807, 2.05) is 32.4 Å². The monoisotopic (exact) mass is 453 g/mol. The van der Waals surface area contributed by atoms with E-state index in [1.165, 1.54) is 5.56 Å². The molecule has 166 valence electrons. The Bertz CT molecular complexity index is 1250. The first kappa shape index (κ1) is 21.2. The SMILES string of the molecule is Cc1ccc(-n2cccc2[C@H]2[C@H](c3ccccn3)NC(=S)N2c2ccc(N(C)C)cc2)cc1.